The number of carboxylic acid groups (broad SMARTS) is 1. The van der Waals surface area contributed by atoms with Crippen LogP contribution in [-0.4, -0.2) is 11.1 Å². The summed E-state index contributed by atoms with van der Waals surface area (Å²) in [6, 6.07) is 5.36. The van der Waals surface area contributed by atoms with E-state index in [0.717, 1.165) is 18.4 Å². The highest BCUT2D eigenvalue weighted by molar-refractivity contribution is 6.42. The van der Waals surface area contributed by atoms with Gasteiger partial charge in [-0.3, -0.25) is 4.79 Å². The van der Waals surface area contributed by atoms with Gasteiger partial charge in [0.2, 0.25) is 0 Å². The molecule has 0 radical (unpaired) electrons. The first-order valence-corrected chi connectivity index (χ1v) is 6.37. The standard InChI is InChI=1S/C13H14Cl2O2/c1-13(12(16)17,9-5-6-9)7-8-3-2-4-10(14)11(8)15/h2-4,9H,5-7H2,1H3,(H,16,17). The average Bonchev–Trinajstić information content (AvgIpc) is 3.08. The minimum absolute atomic E-state index is 0.259. The van der Waals surface area contributed by atoms with Crippen LogP contribution in [0.15, 0.2) is 18.2 Å². The number of aliphatic carboxylic acids is 1. The first-order chi connectivity index (χ1) is 7.95. The van der Waals surface area contributed by atoms with E-state index in [0.29, 0.717) is 16.5 Å². The van der Waals surface area contributed by atoms with Crippen LogP contribution in [0.3, 0.4) is 0 Å². The Morgan fingerprint density at radius 1 is 1.47 bits per heavy atom. The van der Waals surface area contributed by atoms with Gasteiger partial charge in [-0.15, -0.1) is 0 Å². The number of hydrogen-bond acceptors (Lipinski definition) is 1. The summed E-state index contributed by atoms with van der Waals surface area (Å²) in [6.45, 7) is 1.80. The lowest BCUT2D eigenvalue weighted by atomic mass is 9.79. The Morgan fingerprint density at radius 3 is 2.65 bits per heavy atom. The molecule has 17 heavy (non-hydrogen) atoms. The van der Waals surface area contributed by atoms with Gasteiger partial charge in [0.25, 0.3) is 0 Å². The maximum Gasteiger partial charge on any atom is 0.309 e. The second-order valence-electron chi connectivity index (χ2n) is 4.89. The van der Waals surface area contributed by atoms with E-state index >= 15 is 0 Å². The predicted octanol–water partition coefficient (Wildman–Crippen LogP) is 4.04. The van der Waals surface area contributed by atoms with Gasteiger partial charge in [0, 0.05) is 0 Å². The van der Waals surface area contributed by atoms with Gasteiger partial charge in [-0.1, -0.05) is 35.3 Å². The normalized spacial score (nSPS) is 18.8. The van der Waals surface area contributed by atoms with Gasteiger partial charge in [-0.2, -0.15) is 0 Å². The second kappa shape index (κ2) is 4.51. The number of rotatable bonds is 4. The van der Waals surface area contributed by atoms with E-state index in [1.165, 1.54) is 0 Å². The molecule has 1 fully saturated rings. The van der Waals surface area contributed by atoms with Crippen LogP contribution in [0.4, 0.5) is 0 Å². The molecule has 2 nitrogen and oxygen atoms in total. The van der Waals surface area contributed by atoms with Crippen LogP contribution in [0.25, 0.3) is 0 Å². The first-order valence-electron chi connectivity index (χ1n) is 5.61. The SMILES string of the molecule is CC(Cc1cccc(Cl)c1Cl)(C(=O)O)C1CC1. The van der Waals surface area contributed by atoms with Crippen molar-refractivity contribution in [3.63, 3.8) is 0 Å². The van der Waals surface area contributed by atoms with Gasteiger partial charge in [-0.25, -0.2) is 0 Å². The average molecular weight is 273 g/mol. The molecule has 0 bridgehead atoms. The molecular formula is C13H14Cl2O2. The van der Waals surface area contributed by atoms with Gasteiger partial charge < -0.3 is 5.11 Å². The lowest BCUT2D eigenvalue weighted by molar-refractivity contribution is -0.149. The number of halogens is 2. The maximum atomic E-state index is 11.4. The molecule has 92 valence electrons. The summed E-state index contributed by atoms with van der Waals surface area (Å²) in [4.78, 5) is 11.4. The topological polar surface area (TPSA) is 37.3 Å². The molecule has 1 N–H and O–H groups in total. The van der Waals surface area contributed by atoms with Crippen molar-refractivity contribution in [1.82, 2.24) is 0 Å². The zero-order valence-corrected chi connectivity index (χ0v) is 11.1. The molecule has 0 heterocycles. The zero-order valence-electron chi connectivity index (χ0n) is 9.54. The van der Waals surface area contributed by atoms with E-state index in [-0.39, 0.29) is 5.92 Å². The maximum absolute atomic E-state index is 11.4. The highest BCUT2D eigenvalue weighted by atomic mass is 35.5. The fraction of sp³-hybridized carbons (Fsp3) is 0.462. The van der Waals surface area contributed by atoms with Gasteiger partial charge in [0.05, 0.1) is 15.5 Å². The van der Waals surface area contributed by atoms with Crippen molar-refractivity contribution in [2.75, 3.05) is 0 Å². The lowest BCUT2D eigenvalue weighted by Crippen LogP contribution is -2.32. The van der Waals surface area contributed by atoms with Gasteiger partial charge >= 0.3 is 5.97 Å². The van der Waals surface area contributed by atoms with Crippen molar-refractivity contribution in [3.05, 3.63) is 33.8 Å². The monoisotopic (exact) mass is 272 g/mol. The Morgan fingerprint density at radius 2 is 2.12 bits per heavy atom. The van der Waals surface area contributed by atoms with E-state index in [2.05, 4.69) is 0 Å². The molecule has 0 saturated heterocycles. The third-order valence-corrected chi connectivity index (χ3v) is 4.41. The smallest absolute Gasteiger partial charge is 0.309 e. The molecule has 1 aromatic carbocycles. The molecule has 0 spiro atoms. The molecule has 1 aliphatic carbocycles. The second-order valence-corrected chi connectivity index (χ2v) is 5.67. The minimum Gasteiger partial charge on any atom is -0.481 e. The summed E-state index contributed by atoms with van der Waals surface area (Å²) in [7, 11) is 0. The number of carboxylic acids is 1. The Labute approximate surface area is 111 Å². The highest BCUT2D eigenvalue weighted by Crippen LogP contribution is 2.48. The molecule has 0 aliphatic heterocycles. The van der Waals surface area contributed by atoms with E-state index in [1.807, 2.05) is 6.07 Å². The van der Waals surface area contributed by atoms with Gasteiger partial charge in [-0.05, 0) is 43.7 Å². The zero-order chi connectivity index (χ0) is 12.6. The van der Waals surface area contributed by atoms with Crippen molar-refractivity contribution in [2.24, 2.45) is 11.3 Å². The fourth-order valence-electron chi connectivity index (χ4n) is 2.20. The van der Waals surface area contributed by atoms with Crippen LogP contribution < -0.4 is 0 Å². The van der Waals surface area contributed by atoms with Crippen molar-refractivity contribution < 1.29 is 9.90 Å². The fourth-order valence-corrected chi connectivity index (χ4v) is 2.58. The molecule has 0 aromatic heterocycles. The summed E-state index contributed by atoms with van der Waals surface area (Å²) in [5.74, 6) is -0.494. The van der Waals surface area contributed by atoms with Crippen molar-refractivity contribution in [2.45, 2.75) is 26.2 Å². The molecule has 2 rings (SSSR count). The number of carbonyl (C=O) groups is 1. The van der Waals surface area contributed by atoms with Gasteiger partial charge in [0.1, 0.15) is 0 Å². The van der Waals surface area contributed by atoms with E-state index < -0.39 is 11.4 Å². The van der Waals surface area contributed by atoms with Crippen molar-refractivity contribution in [1.29, 1.82) is 0 Å². The van der Waals surface area contributed by atoms with Gasteiger partial charge in [0.15, 0.2) is 0 Å². The molecule has 1 aromatic rings. The molecule has 1 unspecified atom stereocenters. The van der Waals surface area contributed by atoms with Crippen LogP contribution in [0.1, 0.15) is 25.3 Å². The number of benzene rings is 1. The van der Waals surface area contributed by atoms with Crippen LogP contribution >= 0.6 is 23.2 Å². The third-order valence-electron chi connectivity index (χ3n) is 3.56. The Balaban J connectivity index is 2.29. The van der Waals surface area contributed by atoms with E-state index in [1.54, 1.807) is 19.1 Å². The molecule has 4 heteroatoms. The Bertz CT molecular complexity index is 455. The summed E-state index contributed by atoms with van der Waals surface area (Å²) in [5, 5.41) is 10.3. The van der Waals surface area contributed by atoms with Crippen LogP contribution in [0.2, 0.25) is 10.0 Å². The van der Waals surface area contributed by atoms with E-state index in [4.69, 9.17) is 23.2 Å². The van der Waals surface area contributed by atoms with Crippen LogP contribution in [0, 0.1) is 11.3 Å². The predicted molar refractivity (Wildman–Crippen MR) is 68.6 cm³/mol. The summed E-state index contributed by atoms with van der Waals surface area (Å²) < 4.78 is 0. The third kappa shape index (κ3) is 2.43. The lowest BCUT2D eigenvalue weighted by Gasteiger charge is -2.25. The summed E-state index contributed by atoms with van der Waals surface area (Å²) in [6.07, 6.45) is 2.41. The molecular weight excluding hydrogens is 259 g/mol. The largest absolute Gasteiger partial charge is 0.481 e. The van der Waals surface area contributed by atoms with Crippen LogP contribution in [0.5, 0.6) is 0 Å². The Kier molecular flexibility index (Phi) is 3.37. The van der Waals surface area contributed by atoms with Crippen molar-refractivity contribution >= 4 is 29.2 Å². The molecule has 1 atom stereocenters. The van der Waals surface area contributed by atoms with E-state index in [9.17, 15) is 9.90 Å². The highest BCUT2D eigenvalue weighted by Gasteiger charge is 2.47. The van der Waals surface area contributed by atoms with Crippen LogP contribution in [-0.2, 0) is 11.2 Å². The summed E-state index contributed by atoms with van der Waals surface area (Å²) in [5.41, 5.74) is 0.0879. The molecule has 1 aliphatic rings. The molecule has 0 amide bonds. The first kappa shape index (κ1) is 12.7. The minimum atomic E-state index is -0.754. The molecule has 1 saturated carbocycles. The Hall–Kier alpha value is -0.730. The van der Waals surface area contributed by atoms with Crippen molar-refractivity contribution in [3.8, 4) is 0 Å². The number of hydrogen-bond donors (Lipinski definition) is 1. The quantitative estimate of drug-likeness (QED) is 0.899. The summed E-state index contributed by atoms with van der Waals surface area (Å²) >= 11 is 12.0.